The summed E-state index contributed by atoms with van der Waals surface area (Å²) in [6.45, 7) is 1.06. The first kappa shape index (κ1) is 17.9. The molecular weight excluding hydrogens is 324 g/mol. The number of ether oxygens (including phenoxy) is 2. The molecule has 2 fully saturated rings. The number of likely N-dealkylation sites (tertiary alicyclic amines) is 1. The van der Waals surface area contributed by atoms with E-state index in [1.807, 2.05) is 34.0 Å². The Morgan fingerprint density at radius 3 is 2.72 bits per heavy atom. The summed E-state index contributed by atoms with van der Waals surface area (Å²) in [5.74, 6) is -0.842. The molecule has 1 aromatic rings. The molecule has 2 aliphatic rings. The summed E-state index contributed by atoms with van der Waals surface area (Å²) < 4.78 is 13.3. The zero-order chi connectivity index (χ0) is 17.9. The third kappa shape index (κ3) is 3.88. The number of rotatable bonds is 7. The van der Waals surface area contributed by atoms with E-state index in [0.29, 0.717) is 25.9 Å². The first-order valence-electron chi connectivity index (χ1n) is 8.83. The molecule has 1 aliphatic heterocycles. The molecule has 1 saturated carbocycles. The predicted molar refractivity (Wildman–Crippen MR) is 90.1 cm³/mol. The Hall–Kier alpha value is -1.86. The molecule has 2 unspecified atom stereocenters. The van der Waals surface area contributed by atoms with Crippen LogP contribution in [0.4, 0.5) is 0 Å². The molecule has 1 N–H and O–H groups in total. The van der Waals surface area contributed by atoms with Crippen molar-refractivity contribution in [1.29, 1.82) is 0 Å². The Bertz CT molecular complexity index is 603. The van der Waals surface area contributed by atoms with E-state index >= 15 is 0 Å². The van der Waals surface area contributed by atoms with Crippen molar-refractivity contribution in [2.24, 2.45) is 0 Å². The number of fused-ring (bicyclic) bond motifs is 1. The molecule has 1 amide bonds. The van der Waals surface area contributed by atoms with Crippen LogP contribution in [0.5, 0.6) is 0 Å². The van der Waals surface area contributed by atoms with E-state index in [2.05, 4.69) is 0 Å². The first-order valence-corrected chi connectivity index (χ1v) is 8.83. The number of nitrogens with zero attached hydrogens (tertiary/aromatic N) is 2. The number of carboxylic acids is 1. The summed E-state index contributed by atoms with van der Waals surface area (Å²) in [5, 5.41) is 8.81. The Balaban J connectivity index is 1.63. The van der Waals surface area contributed by atoms with E-state index in [1.54, 1.807) is 7.11 Å². The smallest absolute Gasteiger partial charge is 0.329 e. The second-order valence-corrected chi connectivity index (χ2v) is 6.89. The molecule has 0 aromatic carbocycles. The number of amides is 1. The molecule has 1 aromatic heterocycles. The summed E-state index contributed by atoms with van der Waals surface area (Å²) in [6, 6.07) is 3.85. The van der Waals surface area contributed by atoms with Gasteiger partial charge in [0.2, 0.25) is 5.91 Å². The van der Waals surface area contributed by atoms with Crippen LogP contribution in [0.1, 0.15) is 32.1 Å². The van der Waals surface area contributed by atoms with Gasteiger partial charge in [-0.2, -0.15) is 0 Å². The number of aromatic nitrogens is 1. The topological polar surface area (TPSA) is 81.0 Å². The Morgan fingerprint density at radius 2 is 2.04 bits per heavy atom. The quantitative estimate of drug-likeness (QED) is 0.806. The predicted octanol–water partition coefficient (Wildman–Crippen LogP) is 1.52. The van der Waals surface area contributed by atoms with E-state index in [4.69, 9.17) is 14.6 Å². The van der Waals surface area contributed by atoms with Crippen LogP contribution in [0.3, 0.4) is 0 Å². The Kier molecular flexibility index (Phi) is 5.44. The molecule has 7 heteroatoms. The maximum Gasteiger partial charge on any atom is 0.329 e. The van der Waals surface area contributed by atoms with E-state index in [9.17, 15) is 9.59 Å². The van der Waals surface area contributed by atoms with Gasteiger partial charge in [0.1, 0.15) is 6.61 Å². The second-order valence-electron chi connectivity index (χ2n) is 6.89. The number of carbonyl (C=O) groups excluding carboxylic acids is 1. The third-order valence-corrected chi connectivity index (χ3v) is 5.55. The molecular formula is C18H26N2O5. The standard InChI is InChI=1S/C18H26N2O5/c1-24-18-6-4-14(25-13-17(22)23)12-15(18)20(11-7-18)16(21)5-10-19-8-2-3-9-19/h2-3,8-9,14-15H,4-7,10-13H2,1H3,(H,22,23)/t14?,15?,18-/m1/s1. The van der Waals surface area contributed by atoms with Crippen molar-refractivity contribution in [3.05, 3.63) is 24.5 Å². The van der Waals surface area contributed by atoms with Crippen molar-refractivity contribution in [3.8, 4) is 0 Å². The Labute approximate surface area is 147 Å². The lowest BCUT2D eigenvalue weighted by Gasteiger charge is -2.43. The molecule has 3 atom stereocenters. The van der Waals surface area contributed by atoms with Crippen LogP contribution < -0.4 is 0 Å². The highest BCUT2D eigenvalue weighted by molar-refractivity contribution is 5.77. The average molecular weight is 350 g/mol. The van der Waals surface area contributed by atoms with Crippen molar-refractivity contribution >= 4 is 11.9 Å². The summed E-state index contributed by atoms with van der Waals surface area (Å²) in [5.41, 5.74) is -0.313. The van der Waals surface area contributed by atoms with Gasteiger partial charge < -0.3 is 24.0 Å². The summed E-state index contributed by atoms with van der Waals surface area (Å²) in [6.07, 6.45) is 7.24. The summed E-state index contributed by atoms with van der Waals surface area (Å²) in [7, 11) is 1.71. The number of aryl methyl sites for hydroxylation is 1. The molecule has 1 saturated heterocycles. The molecule has 138 valence electrons. The van der Waals surface area contributed by atoms with E-state index in [-0.39, 0.29) is 30.3 Å². The normalized spacial score (nSPS) is 28.8. The monoisotopic (exact) mass is 350 g/mol. The SMILES string of the molecule is CO[C@@]12CCC(OCC(=O)O)CC1N(C(=O)CCn1cccc1)CC2. The largest absolute Gasteiger partial charge is 0.480 e. The number of hydrogen-bond donors (Lipinski definition) is 1. The molecule has 0 radical (unpaired) electrons. The highest BCUT2D eigenvalue weighted by Crippen LogP contribution is 2.43. The average Bonchev–Trinajstić information content (AvgIpc) is 3.25. The minimum absolute atomic E-state index is 0.0396. The molecule has 7 nitrogen and oxygen atoms in total. The van der Waals surface area contributed by atoms with Gasteiger partial charge in [-0.1, -0.05) is 0 Å². The van der Waals surface area contributed by atoms with Gasteiger partial charge in [-0.25, -0.2) is 4.79 Å². The maximum absolute atomic E-state index is 12.7. The van der Waals surface area contributed by atoms with Crippen LogP contribution in [0.15, 0.2) is 24.5 Å². The number of hydrogen-bond acceptors (Lipinski definition) is 4. The minimum atomic E-state index is -0.963. The van der Waals surface area contributed by atoms with Crippen LogP contribution in [0, 0.1) is 0 Å². The Morgan fingerprint density at radius 1 is 1.28 bits per heavy atom. The highest BCUT2D eigenvalue weighted by Gasteiger charge is 2.52. The number of carbonyl (C=O) groups is 2. The van der Waals surface area contributed by atoms with Crippen LogP contribution in [0.25, 0.3) is 0 Å². The molecule has 3 rings (SSSR count). The lowest BCUT2D eigenvalue weighted by molar-refractivity contribution is -0.152. The zero-order valence-electron chi connectivity index (χ0n) is 14.6. The summed E-state index contributed by atoms with van der Waals surface area (Å²) in [4.78, 5) is 25.4. The van der Waals surface area contributed by atoms with Crippen LogP contribution >= 0.6 is 0 Å². The van der Waals surface area contributed by atoms with Gasteiger partial charge in [0.25, 0.3) is 0 Å². The van der Waals surface area contributed by atoms with Crippen LogP contribution in [-0.4, -0.2) is 64.5 Å². The van der Waals surface area contributed by atoms with Crippen molar-refractivity contribution in [1.82, 2.24) is 9.47 Å². The molecule has 0 spiro atoms. The number of aliphatic carboxylic acids is 1. The van der Waals surface area contributed by atoms with Crippen LogP contribution in [0.2, 0.25) is 0 Å². The van der Waals surface area contributed by atoms with Gasteiger partial charge >= 0.3 is 5.97 Å². The molecule has 25 heavy (non-hydrogen) atoms. The maximum atomic E-state index is 12.7. The van der Waals surface area contributed by atoms with Gasteiger partial charge in [0.05, 0.1) is 17.7 Å². The molecule has 2 heterocycles. The van der Waals surface area contributed by atoms with Crippen molar-refractivity contribution in [3.63, 3.8) is 0 Å². The molecule has 1 aliphatic carbocycles. The van der Waals surface area contributed by atoms with Gasteiger partial charge in [-0.15, -0.1) is 0 Å². The van der Waals surface area contributed by atoms with Gasteiger partial charge in [0.15, 0.2) is 0 Å². The van der Waals surface area contributed by atoms with Gasteiger partial charge in [0, 0.05) is 39.0 Å². The fourth-order valence-corrected chi connectivity index (χ4v) is 4.19. The van der Waals surface area contributed by atoms with Crippen molar-refractivity contribution in [2.45, 2.75) is 56.4 Å². The number of carboxylic acid groups (broad SMARTS) is 1. The van der Waals surface area contributed by atoms with E-state index < -0.39 is 5.97 Å². The minimum Gasteiger partial charge on any atom is -0.480 e. The highest BCUT2D eigenvalue weighted by atomic mass is 16.5. The second kappa shape index (κ2) is 7.58. The lowest BCUT2D eigenvalue weighted by atomic mass is 9.79. The lowest BCUT2D eigenvalue weighted by Crippen LogP contribution is -2.53. The third-order valence-electron chi connectivity index (χ3n) is 5.55. The van der Waals surface area contributed by atoms with Crippen molar-refractivity contribution in [2.75, 3.05) is 20.3 Å². The number of methoxy groups -OCH3 is 1. The van der Waals surface area contributed by atoms with Gasteiger partial charge in [-0.3, -0.25) is 4.79 Å². The first-order chi connectivity index (χ1) is 12.0. The van der Waals surface area contributed by atoms with Crippen LogP contribution in [-0.2, 0) is 25.6 Å². The fraction of sp³-hybridized carbons (Fsp3) is 0.667. The van der Waals surface area contributed by atoms with E-state index in [1.165, 1.54) is 0 Å². The zero-order valence-corrected chi connectivity index (χ0v) is 14.6. The van der Waals surface area contributed by atoms with E-state index in [0.717, 1.165) is 19.3 Å². The van der Waals surface area contributed by atoms with Crippen molar-refractivity contribution < 1.29 is 24.2 Å². The fourth-order valence-electron chi connectivity index (χ4n) is 4.19. The summed E-state index contributed by atoms with van der Waals surface area (Å²) >= 11 is 0. The molecule has 0 bridgehead atoms. The van der Waals surface area contributed by atoms with Gasteiger partial charge in [-0.05, 0) is 37.8 Å².